The number of imidazole rings is 1. The van der Waals surface area contributed by atoms with E-state index in [1.807, 2.05) is 52.7 Å². The van der Waals surface area contributed by atoms with Gasteiger partial charge in [-0.1, -0.05) is 12.1 Å². The summed E-state index contributed by atoms with van der Waals surface area (Å²) in [6, 6.07) is 9.71. The summed E-state index contributed by atoms with van der Waals surface area (Å²) in [5, 5.41) is 16.3. The summed E-state index contributed by atoms with van der Waals surface area (Å²) in [5.74, 6) is 0.0838. The number of carboxylic acid groups (broad SMARTS) is 1. The van der Waals surface area contributed by atoms with Gasteiger partial charge in [-0.25, -0.2) is 4.98 Å². The van der Waals surface area contributed by atoms with Gasteiger partial charge in [0.1, 0.15) is 5.82 Å². The molecule has 5 nitrogen and oxygen atoms in total. The van der Waals surface area contributed by atoms with Crippen LogP contribution in [0.3, 0.4) is 0 Å². The number of nitrogens with zero attached hydrogens (tertiary/aromatic N) is 2. The van der Waals surface area contributed by atoms with Crippen LogP contribution in [-0.4, -0.2) is 20.6 Å². The van der Waals surface area contributed by atoms with Crippen LogP contribution in [-0.2, 0) is 18.4 Å². The first-order valence-corrected chi connectivity index (χ1v) is 7.97. The molecule has 0 aliphatic heterocycles. The Morgan fingerprint density at radius 1 is 1.41 bits per heavy atom. The van der Waals surface area contributed by atoms with Crippen LogP contribution in [0.5, 0.6) is 0 Å². The fourth-order valence-electron chi connectivity index (χ4n) is 2.52. The van der Waals surface area contributed by atoms with Gasteiger partial charge in [-0.15, -0.1) is 0 Å². The molecule has 0 amide bonds. The lowest BCUT2D eigenvalue weighted by molar-refractivity contribution is -0.137. The van der Waals surface area contributed by atoms with E-state index in [0.29, 0.717) is 6.54 Å². The first-order chi connectivity index (χ1) is 10.6. The Hall–Kier alpha value is -2.18. The van der Waals surface area contributed by atoms with E-state index in [4.69, 9.17) is 5.11 Å². The number of aliphatic carboxylic acids is 1. The third-order valence-electron chi connectivity index (χ3n) is 3.71. The summed E-state index contributed by atoms with van der Waals surface area (Å²) in [6.07, 6.45) is 0.0562. The van der Waals surface area contributed by atoms with Gasteiger partial charge in [-0.05, 0) is 34.5 Å². The number of hydrogen-bond donors (Lipinski definition) is 2. The maximum atomic E-state index is 11.1. The average molecular weight is 315 g/mol. The zero-order valence-electron chi connectivity index (χ0n) is 12.2. The number of aromatic nitrogens is 2. The molecule has 0 bridgehead atoms. The second kappa shape index (κ2) is 6.29. The van der Waals surface area contributed by atoms with Crippen LogP contribution in [0.2, 0.25) is 0 Å². The molecular weight excluding hydrogens is 298 g/mol. The summed E-state index contributed by atoms with van der Waals surface area (Å²) < 4.78 is 2.04. The average Bonchev–Trinajstić information content (AvgIpc) is 3.12. The van der Waals surface area contributed by atoms with Gasteiger partial charge in [-0.3, -0.25) is 4.79 Å². The van der Waals surface area contributed by atoms with Crippen LogP contribution in [0.15, 0.2) is 41.1 Å². The number of carbonyl (C=O) groups is 1. The van der Waals surface area contributed by atoms with Crippen molar-refractivity contribution in [3.63, 3.8) is 0 Å². The van der Waals surface area contributed by atoms with Crippen molar-refractivity contribution in [1.82, 2.24) is 14.9 Å². The Kier molecular flexibility index (Phi) is 4.22. The van der Waals surface area contributed by atoms with Crippen LogP contribution in [0, 0.1) is 0 Å². The highest BCUT2D eigenvalue weighted by Gasteiger charge is 2.17. The molecule has 0 saturated heterocycles. The van der Waals surface area contributed by atoms with Crippen molar-refractivity contribution in [2.75, 3.05) is 0 Å². The number of aryl methyl sites for hydroxylation is 1. The van der Waals surface area contributed by atoms with Crippen molar-refractivity contribution in [1.29, 1.82) is 0 Å². The number of thiophene rings is 1. The Bertz CT molecular complexity index is 780. The maximum absolute atomic E-state index is 11.1. The molecule has 2 N–H and O–H groups in total. The summed E-state index contributed by atoms with van der Waals surface area (Å²) in [7, 11) is 1.98. The highest BCUT2D eigenvalue weighted by atomic mass is 32.1. The summed E-state index contributed by atoms with van der Waals surface area (Å²) >= 11 is 1.57. The van der Waals surface area contributed by atoms with E-state index >= 15 is 0 Å². The van der Waals surface area contributed by atoms with Crippen molar-refractivity contribution in [2.45, 2.75) is 19.0 Å². The molecule has 0 aliphatic carbocycles. The molecule has 0 aliphatic rings. The van der Waals surface area contributed by atoms with Crippen LogP contribution in [0.1, 0.15) is 23.9 Å². The predicted octanol–water partition coefficient (Wildman–Crippen LogP) is 2.94. The minimum atomic E-state index is -0.811. The highest BCUT2D eigenvalue weighted by Crippen LogP contribution is 2.21. The molecule has 3 aromatic rings. The summed E-state index contributed by atoms with van der Waals surface area (Å²) in [4.78, 5) is 15.7. The molecule has 1 atom stereocenters. The number of carboxylic acids is 1. The second-order valence-corrected chi connectivity index (χ2v) is 5.94. The molecule has 22 heavy (non-hydrogen) atoms. The van der Waals surface area contributed by atoms with Gasteiger partial charge in [0.25, 0.3) is 0 Å². The molecule has 0 unspecified atom stereocenters. The molecule has 0 radical (unpaired) electrons. The van der Waals surface area contributed by atoms with Crippen LogP contribution in [0.4, 0.5) is 0 Å². The zero-order chi connectivity index (χ0) is 15.5. The molecule has 114 valence electrons. The van der Waals surface area contributed by atoms with Crippen molar-refractivity contribution >= 4 is 28.3 Å². The molecular formula is C16H17N3O2S. The van der Waals surface area contributed by atoms with Gasteiger partial charge >= 0.3 is 5.97 Å². The van der Waals surface area contributed by atoms with Gasteiger partial charge in [0.2, 0.25) is 0 Å². The van der Waals surface area contributed by atoms with Crippen LogP contribution >= 0.6 is 11.3 Å². The van der Waals surface area contributed by atoms with Crippen LogP contribution in [0.25, 0.3) is 11.0 Å². The Labute approximate surface area is 132 Å². The van der Waals surface area contributed by atoms with E-state index in [-0.39, 0.29) is 12.5 Å². The number of nitrogens with one attached hydrogen (secondary N) is 1. The smallest absolute Gasteiger partial charge is 0.305 e. The number of fused-ring (bicyclic) bond motifs is 1. The van der Waals surface area contributed by atoms with E-state index < -0.39 is 5.97 Å². The third kappa shape index (κ3) is 3.03. The number of para-hydroxylation sites is 2. The van der Waals surface area contributed by atoms with Gasteiger partial charge < -0.3 is 15.0 Å². The van der Waals surface area contributed by atoms with E-state index in [9.17, 15) is 4.79 Å². The largest absolute Gasteiger partial charge is 0.481 e. The van der Waals surface area contributed by atoms with Crippen LogP contribution < -0.4 is 5.32 Å². The Morgan fingerprint density at radius 3 is 2.91 bits per heavy atom. The van der Waals surface area contributed by atoms with Gasteiger partial charge in [-0.2, -0.15) is 11.3 Å². The highest BCUT2D eigenvalue weighted by molar-refractivity contribution is 7.07. The summed E-state index contributed by atoms with van der Waals surface area (Å²) in [5.41, 5.74) is 3.03. The van der Waals surface area contributed by atoms with E-state index in [2.05, 4.69) is 10.3 Å². The maximum Gasteiger partial charge on any atom is 0.305 e. The fraction of sp³-hybridized carbons (Fsp3) is 0.250. The lowest BCUT2D eigenvalue weighted by Gasteiger charge is -2.15. The van der Waals surface area contributed by atoms with Crippen molar-refractivity contribution in [2.24, 2.45) is 7.05 Å². The number of hydrogen-bond acceptors (Lipinski definition) is 4. The third-order valence-corrected chi connectivity index (χ3v) is 4.41. The summed E-state index contributed by atoms with van der Waals surface area (Å²) in [6.45, 7) is 0.527. The SMILES string of the molecule is Cn1c(CN[C@H](CC(=O)O)c2ccsc2)nc2ccccc21. The standard InChI is InChI=1S/C16H17N3O2S/c1-19-14-5-3-2-4-12(14)18-15(19)9-17-13(8-16(20)21)11-6-7-22-10-11/h2-7,10,13,17H,8-9H2,1H3,(H,20,21)/t13-/m1/s1. The zero-order valence-corrected chi connectivity index (χ0v) is 13.0. The molecule has 3 rings (SSSR count). The molecule has 0 spiro atoms. The number of benzene rings is 1. The lowest BCUT2D eigenvalue weighted by Crippen LogP contribution is -2.24. The Morgan fingerprint density at radius 2 is 2.23 bits per heavy atom. The minimum Gasteiger partial charge on any atom is -0.481 e. The van der Waals surface area contributed by atoms with Gasteiger partial charge in [0.05, 0.1) is 24.0 Å². The number of rotatable bonds is 6. The molecule has 2 heterocycles. The van der Waals surface area contributed by atoms with Gasteiger partial charge in [0, 0.05) is 13.1 Å². The van der Waals surface area contributed by atoms with Crippen molar-refractivity contribution in [3.8, 4) is 0 Å². The normalized spacial score (nSPS) is 12.6. The minimum absolute atomic E-state index is 0.0562. The first kappa shape index (κ1) is 14.7. The molecule has 2 aromatic heterocycles. The second-order valence-electron chi connectivity index (χ2n) is 5.16. The first-order valence-electron chi connectivity index (χ1n) is 7.03. The van der Waals surface area contributed by atoms with Gasteiger partial charge in [0.15, 0.2) is 0 Å². The van der Waals surface area contributed by atoms with Crippen molar-refractivity contribution in [3.05, 3.63) is 52.5 Å². The Balaban J connectivity index is 1.78. The molecule has 0 fully saturated rings. The van der Waals surface area contributed by atoms with Crippen molar-refractivity contribution < 1.29 is 9.90 Å². The lowest BCUT2D eigenvalue weighted by atomic mass is 10.1. The van der Waals surface area contributed by atoms with E-state index in [1.165, 1.54) is 0 Å². The molecule has 0 saturated carbocycles. The van der Waals surface area contributed by atoms with E-state index in [0.717, 1.165) is 22.4 Å². The quantitative estimate of drug-likeness (QED) is 0.734. The fourth-order valence-corrected chi connectivity index (χ4v) is 3.24. The topological polar surface area (TPSA) is 67.2 Å². The monoisotopic (exact) mass is 315 g/mol. The molecule has 6 heteroatoms. The predicted molar refractivity (Wildman–Crippen MR) is 86.9 cm³/mol. The van der Waals surface area contributed by atoms with E-state index in [1.54, 1.807) is 11.3 Å². The molecule has 1 aromatic carbocycles.